The van der Waals surface area contributed by atoms with Crippen molar-refractivity contribution in [3.63, 3.8) is 0 Å². The number of fused-ring (bicyclic) bond motifs is 1. The Hall–Kier alpha value is -2.10. The number of hydrogen-bond donors (Lipinski definition) is 1. The molecule has 0 bridgehead atoms. The highest BCUT2D eigenvalue weighted by atomic mass is 35.5. The van der Waals surface area contributed by atoms with Gasteiger partial charge in [0.2, 0.25) is 0 Å². The third-order valence-electron chi connectivity index (χ3n) is 4.85. The van der Waals surface area contributed by atoms with Crippen molar-refractivity contribution < 1.29 is 0 Å². The van der Waals surface area contributed by atoms with Crippen LogP contribution in [0.25, 0.3) is 10.9 Å². The van der Waals surface area contributed by atoms with Gasteiger partial charge in [-0.25, -0.2) is 0 Å². The normalized spacial score (nSPS) is 12.5. The molecular formula is C22H26ClN3. The second kappa shape index (κ2) is 8.52. The second-order valence-electron chi connectivity index (χ2n) is 6.47. The van der Waals surface area contributed by atoms with Crippen LogP contribution >= 0.6 is 11.6 Å². The van der Waals surface area contributed by atoms with Crippen LogP contribution in [0, 0.1) is 6.92 Å². The van der Waals surface area contributed by atoms with Gasteiger partial charge in [0.25, 0.3) is 0 Å². The van der Waals surface area contributed by atoms with Gasteiger partial charge in [-0.05, 0) is 43.8 Å². The van der Waals surface area contributed by atoms with Crippen LogP contribution < -0.4 is 5.32 Å². The lowest BCUT2D eigenvalue weighted by Gasteiger charge is -2.31. The van der Waals surface area contributed by atoms with E-state index in [0.29, 0.717) is 0 Å². The molecule has 0 saturated heterocycles. The zero-order valence-electron chi connectivity index (χ0n) is 15.7. The first-order valence-electron chi connectivity index (χ1n) is 9.22. The van der Waals surface area contributed by atoms with Crippen LogP contribution in [0.4, 0.5) is 5.69 Å². The maximum atomic E-state index is 6.51. The number of pyridine rings is 1. The highest BCUT2D eigenvalue weighted by Crippen LogP contribution is 2.29. The van der Waals surface area contributed by atoms with Gasteiger partial charge in [-0.1, -0.05) is 61.8 Å². The van der Waals surface area contributed by atoms with Gasteiger partial charge in [0.1, 0.15) is 0 Å². The summed E-state index contributed by atoms with van der Waals surface area (Å²) >= 11 is 6.51. The van der Waals surface area contributed by atoms with E-state index >= 15 is 0 Å². The Balaban J connectivity index is 1.93. The minimum absolute atomic E-state index is 0.214. The van der Waals surface area contributed by atoms with Gasteiger partial charge in [-0.2, -0.15) is 0 Å². The molecule has 1 heterocycles. The van der Waals surface area contributed by atoms with Gasteiger partial charge >= 0.3 is 0 Å². The SMILES string of the molecule is CCN(CC)C(CNc1cc(C)nc2ccccc12)c1ccccc1Cl. The molecular weight excluding hydrogens is 342 g/mol. The third-order valence-corrected chi connectivity index (χ3v) is 5.19. The summed E-state index contributed by atoms with van der Waals surface area (Å²) in [7, 11) is 0. The number of likely N-dealkylation sites (N-methyl/N-ethyl adjacent to an activating group) is 1. The zero-order valence-corrected chi connectivity index (χ0v) is 16.4. The van der Waals surface area contributed by atoms with Gasteiger partial charge in [0.05, 0.1) is 11.6 Å². The molecule has 26 heavy (non-hydrogen) atoms. The molecule has 0 fully saturated rings. The summed E-state index contributed by atoms with van der Waals surface area (Å²) in [6, 6.07) is 18.7. The fraction of sp³-hybridized carbons (Fsp3) is 0.318. The molecule has 136 valence electrons. The van der Waals surface area contributed by atoms with Crippen LogP contribution in [-0.2, 0) is 0 Å². The molecule has 0 aliphatic heterocycles. The van der Waals surface area contributed by atoms with E-state index in [9.17, 15) is 0 Å². The Morgan fingerprint density at radius 3 is 2.46 bits per heavy atom. The summed E-state index contributed by atoms with van der Waals surface area (Å²) < 4.78 is 0. The first-order chi connectivity index (χ1) is 12.6. The van der Waals surface area contributed by atoms with Crippen LogP contribution in [0.3, 0.4) is 0 Å². The van der Waals surface area contributed by atoms with E-state index in [4.69, 9.17) is 11.6 Å². The van der Waals surface area contributed by atoms with E-state index in [1.165, 1.54) is 5.56 Å². The molecule has 3 aromatic rings. The summed E-state index contributed by atoms with van der Waals surface area (Å²) in [5.74, 6) is 0. The topological polar surface area (TPSA) is 28.2 Å². The monoisotopic (exact) mass is 367 g/mol. The number of halogens is 1. The molecule has 0 radical (unpaired) electrons. The largest absolute Gasteiger partial charge is 0.383 e. The molecule has 1 N–H and O–H groups in total. The standard InChI is InChI=1S/C22H26ClN3/c1-4-26(5-2)22(17-10-6-8-12-19(17)23)15-24-21-14-16(3)25-20-13-9-7-11-18(20)21/h6-14,22H,4-5,15H2,1-3H3,(H,24,25). The minimum atomic E-state index is 0.214. The summed E-state index contributed by atoms with van der Waals surface area (Å²) in [6.07, 6.45) is 0. The number of benzene rings is 2. The molecule has 3 nitrogen and oxygen atoms in total. The van der Waals surface area contributed by atoms with Crippen molar-refractivity contribution in [2.24, 2.45) is 0 Å². The molecule has 0 saturated carbocycles. The predicted octanol–water partition coefficient (Wildman–Crippen LogP) is 5.69. The van der Waals surface area contributed by atoms with Crippen LogP contribution in [0.1, 0.15) is 31.1 Å². The number of nitrogens with zero attached hydrogens (tertiary/aromatic N) is 2. The lowest BCUT2D eigenvalue weighted by molar-refractivity contribution is 0.228. The predicted molar refractivity (Wildman–Crippen MR) is 112 cm³/mol. The van der Waals surface area contributed by atoms with E-state index in [-0.39, 0.29) is 6.04 Å². The molecule has 0 amide bonds. The summed E-state index contributed by atoms with van der Waals surface area (Å²) in [4.78, 5) is 7.07. The lowest BCUT2D eigenvalue weighted by atomic mass is 10.0. The van der Waals surface area contributed by atoms with Crippen molar-refractivity contribution >= 4 is 28.2 Å². The van der Waals surface area contributed by atoms with Crippen LogP contribution in [-0.4, -0.2) is 29.5 Å². The Morgan fingerprint density at radius 2 is 1.73 bits per heavy atom. The fourth-order valence-corrected chi connectivity index (χ4v) is 3.77. The molecule has 1 atom stereocenters. The molecule has 0 spiro atoms. The van der Waals surface area contributed by atoms with E-state index in [0.717, 1.165) is 46.9 Å². The third kappa shape index (κ3) is 4.00. The van der Waals surface area contributed by atoms with Crippen LogP contribution in [0.5, 0.6) is 0 Å². The van der Waals surface area contributed by atoms with Crippen molar-refractivity contribution in [3.05, 3.63) is 70.9 Å². The van der Waals surface area contributed by atoms with Gasteiger partial charge in [-0.3, -0.25) is 9.88 Å². The zero-order chi connectivity index (χ0) is 18.5. The molecule has 1 aromatic heterocycles. The summed E-state index contributed by atoms with van der Waals surface area (Å²) in [5, 5.41) is 5.63. The molecule has 3 rings (SSSR count). The number of nitrogens with one attached hydrogen (secondary N) is 1. The quantitative estimate of drug-likeness (QED) is 0.581. The van der Waals surface area contributed by atoms with Crippen LogP contribution in [0.2, 0.25) is 5.02 Å². The summed E-state index contributed by atoms with van der Waals surface area (Å²) in [6.45, 7) is 9.17. The van der Waals surface area contributed by atoms with E-state index < -0.39 is 0 Å². The molecule has 0 aliphatic rings. The maximum Gasteiger partial charge on any atom is 0.0725 e. The Morgan fingerprint density at radius 1 is 1.04 bits per heavy atom. The highest BCUT2D eigenvalue weighted by molar-refractivity contribution is 6.31. The molecule has 4 heteroatoms. The Bertz CT molecular complexity index is 874. The first kappa shape index (κ1) is 18.7. The average molecular weight is 368 g/mol. The molecule has 1 unspecified atom stereocenters. The van der Waals surface area contributed by atoms with Gasteiger partial charge in [0, 0.05) is 28.3 Å². The van der Waals surface area contributed by atoms with Crippen molar-refractivity contribution in [2.75, 3.05) is 25.0 Å². The minimum Gasteiger partial charge on any atom is -0.383 e. The second-order valence-corrected chi connectivity index (χ2v) is 6.87. The van der Waals surface area contributed by atoms with Gasteiger partial charge in [0.15, 0.2) is 0 Å². The Labute approximate surface area is 161 Å². The average Bonchev–Trinajstić information content (AvgIpc) is 2.65. The van der Waals surface area contributed by atoms with E-state index in [1.807, 2.05) is 25.1 Å². The number of anilines is 1. The maximum absolute atomic E-state index is 6.51. The van der Waals surface area contributed by atoms with E-state index in [2.05, 4.69) is 65.4 Å². The number of rotatable bonds is 7. The number of para-hydroxylation sites is 1. The fourth-order valence-electron chi connectivity index (χ4n) is 3.51. The van der Waals surface area contributed by atoms with Gasteiger partial charge in [-0.15, -0.1) is 0 Å². The number of hydrogen-bond acceptors (Lipinski definition) is 3. The molecule has 0 aliphatic carbocycles. The van der Waals surface area contributed by atoms with Crippen molar-refractivity contribution in [2.45, 2.75) is 26.8 Å². The van der Waals surface area contributed by atoms with Crippen LogP contribution in [0.15, 0.2) is 54.6 Å². The van der Waals surface area contributed by atoms with Crippen molar-refractivity contribution in [1.82, 2.24) is 9.88 Å². The number of aryl methyl sites for hydroxylation is 1. The first-order valence-corrected chi connectivity index (χ1v) is 9.60. The number of aromatic nitrogens is 1. The highest BCUT2D eigenvalue weighted by Gasteiger charge is 2.20. The van der Waals surface area contributed by atoms with Crippen molar-refractivity contribution in [3.8, 4) is 0 Å². The van der Waals surface area contributed by atoms with E-state index in [1.54, 1.807) is 0 Å². The molecule has 2 aromatic carbocycles. The van der Waals surface area contributed by atoms with Crippen molar-refractivity contribution in [1.29, 1.82) is 0 Å². The van der Waals surface area contributed by atoms with Gasteiger partial charge < -0.3 is 5.32 Å². The Kier molecular flexibility index (Phi) is 6.12. The lowest BCUT2D eigenvalue weighted by Crippen LogP contribution is -2.33. The summed E-state index contributed by atoms with van der Waals surface area (Å²) in [5.41, 5.74) is 4.33. The smallest absolute Gasteiger partial charge is 0.0725 e.